The van der Waals surface area contributed by atoms with Crippen LogP contribution in [0.4, 0.5) is 30.7 Å². The lowest BCUT2D eigenvalue weighted by molar-refractivity contribution is -0.137. The van der Waals surface area contributed by atoms with Crippen LogP contribution in [-0.2, 0) is 16.0 Å². The molecule has 0 bridgehead atoms. The van der Waals surface area contributed by atoms with Gasteiger partial charge in [0.25, 0.3) is 9.84 Å². The molecule has 0 amide bonds. The van der Waals surface area contributed by atoms with Crippen LogP contribution >= 0.6 is 11.6 Å². The second kappa shape index (κ2) is 6.62. The first-order valence-corrected chi connectivity index (χ1v) is 8.57. The van der Waals surface area contributed by atoms with E-state index in [0.717, 1.165) is 0 Å². The third-order valence-corrected chi connectivity index (χ3v) is 5.32. The number of aromatic nitrogens is 2. The summed E-state index contributed by atoms with van der Waals surface area (Å²) in [7, 11) is -6.24. The number of halogens is 8. The lowest BCUT2D eigenvalue weighted by Crippen LogP contribution is -2.25. The molecule has 0 radical (unpaired) electrons. The number of carboxylic acids is 1. The molecule has 2 rings (SSSR count). The number of nitrogens with zero attached hydrogens (tertiary/aromatic N) is 2. The molecule has 0 spiro atoms. The Bertz CT molecular complexity index is 1050. The van der Waals surface area contributed by atoms with E-state index in [1.165, 1.54) is 0 Å². The molecule has 0 aliphatic heterocycles. The van der Waals surface area contributed by atoms with Crippen LogP contribution in [0.5, 0.6) is 0 Å². The summed E-state index contributed by atoms with van der Waals surface area (Å²) in [6.07, 6.45) is -5.01. The van der Waals surface area contributed by atoms with Gasteiger partial charge in [-0.3, -0.25) is 0 Å². The normalized spacial score (nSPS) is 13.0. The van der Waals surface area contributed by atoms with Crippen molar-refractivity contribution in [1.82, 2.24) is 9.78 Å². The molecule has 1 aromatic heterocycles. The van der Waals surface area contributed by atoms with Gasteiger partial charge in [-0.25, -0.2) is 22.3 Å². The molecule has 0 unspecified atom stereocenters. The Morgan fingerprint density at radius 1 is 1.18 bits per heavy atom. The Balaban J connectivity index is 2.88. The van der Waals surface area contributed by atoms with Gasteiger partial charge in [0.1, 0.15) is 10.6 Å². The number of carboxylic acid groups (broad SMARTS) is 1. The third-order valence-electron chi connectivity index (χ3n) is 3.39. The minimum Gasteiger partial charge on any atom is -0.476 e. The van der Waals surface area contributed by atoms with Crippen LogP contribution in [0.1, 0.15) is 21.7 Å². The number of carbonyl (C=O) groups is 1. The highest BCUT2D eigenvalue weighted by Crippen LogP contribution is 2.38. The van der Waals surface area contributed by atoms with Gasteiger partial charge in [-0.05, 0) is 19.1 Å². The van der Waals surface area contributed by atoms with Crippen LogP contribution in [0.2, 0.25) is 5.02 Å². The molecule has 1 aromatic carbocycles. The molecule has 1 heterocycles. The minimum atomic E-state index is -6.24. The quantitative estimate of drug-likeness (QED) is 0.709. The molecular formula is C13H6ClF7N2O4S. The molecule has 6 nitrogen and oxygen atoms in total. The van der Waals surface area contributed by atoms with Crippen LogP contribution < -0.4 is 0 Å². The fourth-order valence-corrected chi connectivity index (χ4v) is 3.59. The van der Waals surface area contributed by atoms with Crippen molar-refractivity contribution in [3.63, 3.8) is 0 Å². The fourth-order valence-electron chi connectivity index (χ4n) is 2.21. The predicted molar refractivity (Wildman–Crippen MR) is 78.5 cm³/mol. The number of hydrogen-bond donors (Lipinski definition) is 1. The van der Waals surface area contributed by atoms with Gasteiger partial charge >= 0.3 is 17.7 Å². The van der Waals surface area contributed by atoms with Gasteiger partial charge in [0.2, 0.25) is 0 Å². The molecule has 0 aliphatic carbocycles. The van der Waals surface area contributed by atoms with Gasteiger partial charge in [0.05, 0.1) is 16.3 Å². The number of alkyl halides is 6. The highest BCUT2D eigenvalue weighted by molar-refractivity contribution is 7.92. The van der Waals surface area contributed by atoms with Gasteiger partial charge in [0, 0.05) is 0 Å². The number of rotatable bonds is 3. The lowest BCUT2D eigenvalue weighted by atomic mass is 10.2. The SMILES string of the molecule is Cc1c(S(=O)(=O)C(F)(F)F)c(C(=O)O)nn1-c1c(F)cc(C(F)(F)F)cc1Cl. The molecule has 15 heteroatoms. The Hall–Kier alpha value is -2.35. The zero-order chi connectivity index (χ0) is 21.8. The van der Waals surface area contributed by atoms with Gasteiger partial charge in [-0.15, -0.1) is 0 Å². The highest BCUT2D eigenvalue weighted by atomic mass is 35.5. The Kier molecular flexibility index (Phi) is 5.19. The van der Waals surface area contributed by atoms with E-state index < -0.39 is 65.9 Å². The van der Waals surface area contributed by atoms with E-state index in [4.69, 9.17) is 16.7 Å². The van der Waals surface area contributed by atoms with E-state index in [9.17, 15) is 43.9 Å². The van der Waals surface area contributed by atoms with Crippen molar-refractivity contribution in [2.24, 2.45) is 0 Å². The third kappa shape index (κ3) is 3.53. The van der Waals surface area contributed by atoms with Crippen molar-refractivity contribution < 1.29 is 49.1 Å². The number of hydrogen-bond acceptors (Lipinski definition) is 4. The summed E-state index contributed by atoms with van der Waals surface area (Å²) in [5, 5.41) is 11.1. The topological polar surface area (TPSA) is 89.3 Å². The molecule has 28 heavy (non-hydrogen) atoms. The van der Waals surface area contributed by atoms with E-state index in [-0.39, 0.29) is 16.8 Å². The van der Waals surface area contributed by atoms with Gasteiger partial charge in [-0.1, -0.05) is 11.6 Å². The molecule has 0 fully saturated rings. The van der Waals surface area contributed by atoms with Crippen LogP contribution in [0, 0.1) is 12.7 Å². The molecule has 0 saturated heterocycles. The minimum absolute atomic E-state index is 0.0549. The number of benzene rings is 1. The zero-order valence-corrected chi connectivity index (χ0v) is 14.7. The summed E-state index contributed by atoms with van der Waals surface area (Å²) in [6.45, 7) is 0.658. The second-order valence-corrected chi connectivity index (χ2v) is 7.50. The Morgan fingerprint density at radius 2 is 1.71 bits per heavy atom. The maximum absolute atomic E-state index is 14.2. The predicted octanol–water partition coefficient (Wildman–Crippen LogP) is 3.98. The number of aromatic carboxylic acids is 1. The van der Waals surface area contributed by atoms with Crippen molar-refractivity contribution >= 4 is 27.4 Å². The maximum Gasteiger partial charge on any atom is 0.502 e. The standard InChI is InChI=1S/C13H6ClF7N2O4S/c1-4-10(28(26,27)13(19,20)21)8(11(24)25)22-23(4)9-6(14)2-5(3-7(9)15)12(16,17)18/h2-3H,1H3,(H,24,25). The fraction of sp³-hybridized carbons (Fsp3) is 0.231. The van der Waals surface area contributed by atoms with Crippen LogP contribution in [-0.4, -0.2) is 34.8 Å². The van der Waals surface area contributed by atoms with E-state index in [1.807, 2.05) is 0 Å². The Morgan fingerprint density at radius 3 is 2.11 bits per heavy atom. The van der Waals surface area contributed by atoms with Gasteiger partial charge in [-0.2, -0.15) is 31.4 Å². The molecule has 0 aliphatic rings. The molecule has 0 atom stereocenters. The van der Waals surface area contributed by atoms with Crippen molar-refractivity contribution in [2.75, 3.05) is 0 Å². The Labute approximate surface area is 156 Å². The number of sulfone groups is 1. The summed E-state index contributed by atoms with van der Waals surface area (Å²) in [6, 6.07) is 0.167. The first-order valence-electron chi connectivity index (χ1n) is 6.71. The largest absolute Gasteiger partial charge is 0.502 e. The first-order chi connectivity index (χ1) is 12.5. The molecular weight excluding hydrogens is 449 g/mol. The van der Waals surface area contributed by atoms with Gasteiger partial charge < -0.3 is 5.11 Å². The first kappa shape index (κ1) is 21.9. The average molecular weight is 455 g/mol. The zero-order valence-electron chi connectivity index (χ0n) is 13.2. The summed E-state index contributed by atoms with van der Waals surface area (Å²) >= 11 is 5.57. The monoisotopic (exact) mass is 454 g/mol. The summed E-state index contributed by atoms with van der Waals surface area (Å²) < 4.78 is 114. The van der Waals surface area contributed by atoms with Crippen molar-refractivity contribution in [3.05, 3.63) is 39.9 Å². The molecule has 2 aromatic rings. The van der Waals surface area contributed by atoms with E-state index >= 15 is 0 Å². The highest BCUT2D eigenvalue weighted by Gasteiger charge is 2.51. The average Bonchev–Trinajstić information content (AvgIpc) is 2.82. The molecule has 0 saturated carbocycles. The smallest absolute Gasteiger partial charge is 0.476 e. The summed E-state index contributed by atoms with van der Waals surface area (Å²) in [4.78, 5) is 9.38. The van der Waals surface area contributed by atoms with Crippen molar-refractivity contribution in [1.29, 1.82) is 0 Å². The molecule has 1 N–H and O–H groups in total. The van der Waals surface area contributed by atoms with E-state index in [1.54, 1.807) is 0 Å². The molecule has 154 valence electrons. The second-order valence-electron chi connectivity index (χ2n) is 5.22. The van der Waals surface area contributed by atoms with Crippen LogP contribution in [0.25, 0.3) is 5.69 Å². The lowest BCUT2D eigenvalue weighted by Gasteiger charge is -2.13. The van der Waals surface area contributed by atoms with Crippen LogP contribution in [0.15, 0.2) is 17.0 Å². The van der Waals surface area contributed by atoms with E-state index in [0.29, 0.717) is 6.92 Å². The van der Waals surface area contributed by atoms with Gasteiger partial charge in [0.15, 0.2) is 11.5 Å². The van der Waals surface area contributed by atoms with Crippen LogP contribution in [0.3, 0.4) is 0 Å². The van der Waals surface area contributed by atoms with E-state index in [2.05, 4.69) is 5.10 Å². The van der Waals surface area contributed by atoms with Crippen molar-refractivity contribution in [2.45, 2.75) is 23.5 Å². The summed E-state index contributed by atoms with van der Waals surface area (Å²) in [5.74, 6) is -3.92. The summed E-state index contributed by atoms with van der Waals surface area (Å²) in [5.41, 5.74) is -11.1. The maximum atomic E-state index is 14.2. The van der Waals surface area contributed by atoms with Crippen molar-refractivity contribution in [3.8, 4) is 5.69 Å².